The Morgan fingerprint density at radius 2 is 2.09 bits per heavy atom. The molecule has 0 unspecified atom stereocenters. The lowest BCUT2D eigenvalue weighted by atomic mass is 9.93. The van der Waals surface area contributed by atoms with Gasteiger partial charge in [-0.3, -0.25) is 9.48 Å². The molecule has 4 rings (SSSR count). The molecule has 1 saturated heterocycles. The van der Waals surface area contributed by atoms with Crippen molar-refractivity contribution in [3.8, 4) is 11.3 Å². The molecule has 2 amide bonds. The highest BCUT2D eigenvalue weighted by molar-refractivity contribution is 5.95. The van der Waals surface area contributed by atoms with Gasteiger partial charge in [-0.1, -0.05) is 0 Å². The molecule has 10 nitrogen and oxygen atoms in total. The number of carbonyl (C=O) groups excluding carboxylic acids is 1. The van der Waals surface area contributed by atoms with Crippen LogP contribution in [0.25, 0.3) is 11.3 Å². The van der Waals surface area contributed by atoms with E-state index >= 15 is 0 Å². The summed E-state index contributed by atoms with van der Waals surface area (Å²) in [5.41, 5.74) is 3.01. The van der Waals surface area contributed by atoms with Gasteiger partial charge in [0.15, 0.2) is 5.76 Å². The Morgan fingerprint density at radius 3 is 2.76 bits per heavy atom. The fourth-order valence-corrected chi connectivity index (χ4v) is 4.36. The molecule has 0 saturated carbocycles. The van der Waals surface area contributed by atoms with E-state index in [1.165, 1.54) is 4.90 Å². The quantitative estimate of drug-likeness (QED) is 0.680. The van der Waals surface area contributed by atoms with Crippen molar-refractivity contribution in [1.29, 1.82) is 0 Å². The molecule has 0 radical (unpaired) electrons. The van der Waals surface area contributed by atoms with E-state index in [9.17, 15) is 14.7 Å². The number of fused-ring (bicyclic) bond motifs is 3. The maximum absolute atomic E-state index is 12.8. The first-order chi connectivity index (χ1) is 15.6. The lowest BCUT2D eigenvalue weighted by Crippen LogP contribution is -2.46. The number of rotatable bonds is 6. The number of amides is 2. The smallest absolute Gasteiger partial charge is 0.407 e. The van der Waals surface area contributed by atoms with Gasteiger partial charge in [-0.2, -0.15) is 5.10 Å². The molecule has 2 aromatic heterocycles. The zero-order chi connectivity index (χ0) is 23.8. The first-order valence-electron chi connectivity index (χ1n) is 11.3. The molecule has 2 N–H and O–H groups in total. The van der Waals surface area contributed by atoms with Gasteiger partial charge in [0, 0.05) is 42.4 Å². The van der Waals surface area contributed by atoms with Gasteiger partial charge in [-0.15, -0.1) is 0 Å². The van der Waals surface area contributed by atoms with Crippen molar-refractivity contribution >= 4 is 12.0 Å². The van der Waals surface area contributed by atoms with Crippen molar-refractivity contribution in [3.63, 3.8) is 0 Å². The molecule has 180 valence electrons. The van der Waals surface area contributed by atoms with Crippen LogP contribution >= 0.6 is 0 Å². The molecular formula is C23H32N4O6. The average molecular weight is 461 g/mol. The molecule has 2 aliphatic rings. The summed E-state index contributed by atoms with van der Waals surface area (Å²) in [6, 6.07) is 0. The fourth-order valence-electron chi connectivity index (χ4n) is 4.36. The first kappa shape index (κ1) is 23.3. The zero-order valence-corrected chi connectivity index (χ0v) is 19.6. The molecular weight excluding hydrogens is 428 g/mol. The van der Waals surface area contributed by atoms with Crippen LogP contribution in [0.2, 0.25) is 0 Å². The van der Waals surface area contributed by atoms with Gasteiger partial charge in [0.05, 0.1) is 38.2 Å². The molecule has 0 spiro atoms. The lowest BCUT2D eigenvalue weighted by molar-refractivity contribution is -0.0856. The van der Waals surface area contributed by atoms with E-state index in [1.807, 2.05) is 33.9 Å². The van der Waals surface area contributed by atoms with Crippen LogP contribution in [0.4, 0.5) is 4.79 Å². The third kappa shape index (κ3) is 4.91. The highest BCUT2D eigenvalue weighted by Crippen LogP contribution is 2.38. The number of aryl methyl sites for hydroxylation is 2. The molecule has 1 aliphatic carbocycles. The van der Waals surface area contributed by atoms with Crippen LogP contribution in [0.1, 0.15) is 48.2 Å². The number of furan rings is 1. The molecule has 0 aromatic carbocycles. The SMILES string of the molecule is Cc1c(C(=O)NC[C@@H]2COCCO2)oc2c1-c1nn(CCN(C(=O)O)C(C)(C)C)cc1CC2. The Balaban J connectivity index is 1.49. The summed E-state index contributed by atoms with van der Waals surface area (Å²) in [6.07, 6.45) is 2.30. The number of ether oxygens (including phenoxy) is 2. The number of hydrogen-bond donors (Lipinski definition) is 2. The summed E-state index contributed by atoms with van der Waals surface area (Å²) in [5.74, 6) is 0.776. The van der Waals surface area contributed by atoms with Crippen LogP contribution in [0, 0.1) is 6.92 Å². The number of nitrogens with one attached hydrogen (secondary N) is 1. The van der Waals surface area contributed by atoms with Gasteiger partial charge in [0.1, 0.15) is 5.76 Å². The van der Waals surface area contributed by atoms with Crippen molar-refractivity contribution in [2.24, 2.45) is 0 Å². The van der Waals surface area contributed by atoms with Gasteiger partial charge in [-0.05, 0) is 39.7 Å². The molecule has 33 heavy (non-hydrogen) atoms. The van der Waals surface area contributed by atoms with E-state index in [4.69, 9.17) is 19.0 Å². The second kappa shape index (κ2) is 9.18. The monoisotopic (exact) mass is 460 g/mol. The zero-order valence-electron chi connectivity index (χ0n) is 19.6. The second-order valence-electron chi connectivity index (χ2n) is 9.50. The number of carboxylic acid groups (broad SMARTS) is 1. The summed E-state index contributed by atoms with van der Waals surface area (Å²) in [6.45, 7) is 10.2. The molecule has 1 fully saturated rings. The van der Waals surface area contributed by atoms with Crippen molar-refractivity contribution in [1.82, 2.24) is 20.0 Å². The maximum Gasteiger partial charge on any atom is 0.407 e. The van der Waals surface area contributed by atoms with Crippen LogP contribution in [0.5, 0.6) is 0 Å². The molecule has 1 atom stereocenters. The van der Waals surface area contributed by atoms with Crippen molar-refractivity contribution in [3.05, 3.63) is 28.8 Å². The van der Waals surface area contributed by atoms with Crippen molar-refractivity contribution < 1.29 is 28.6 Å². The van der Waals surface area contributed by atoms with Gasteiger partial charge in [-0.25, -0.2) is 4.79 Å². The summed E-state index contributed by atoms with van der Waals surface area (Å²) in [5, 5.41) is 17.1. The summed E-state index contributed by atoms with van der Waals surface area (Å²) in [4.78, 5) is 25.8. The van der Waals surface area contributed by atoms with E-state index < -0.39 is 11.6 Å². The largest absolute Gasteiger partial charge is 0.465 e. The molecule has 3 heterocycles. The first-order valence-corrected chi connectivity index (χ1v) is 11.3. The highest BCUT2D eigenvalue weighted by Gasteiger charge is 2.31. The number of hydrogen-bond acceptors (Lipinski definition) is 6. The van der Waals surface area contributed by atoms with Gasteiger partial charge >= 0.3 is 6.09 Å². The van der Waals surface area contributed by atoms with Crippen LogP contribution in [0.3, 0.4) is 0 Å². The highest BCUT2D eigenvalue weighted by atomic mass is 16.6. The fraction of sp³-hybridized carbons (Fsp3) is 0.609. The van der Waals surface area contributed by atoms with Crippen molar-refractivity contribution in [2.45, 2.75) is 58.7 Å². The molecule has 2 aromatic rings. The molecule has 10 heteroatoms. The van der Waals surface area contributed by atoms with E-state index in [1.54, 1.807) is 4.68 Å². The van der Waals surface area contributed by atoms with Crippen LogP contribution < -0.4 is 5.32 Å². The minimum Gasteiger partial charge on any atom is -0.465 e. The predicted molar refractivity (Wildman–Crippen MR) is 119 cm³/mol. The summed E-state index contributed by atoms with van der Waals surface area (Å²) >= 11 is 0. The average Bonchev–Trinajstić information content (AvgIpc) is 3.32. The van der Waals surface area contributed by atoms with Crippen LogP contribution in [-0.4, -0.2) is 76.3 Å². The number of aromatic nitrogens is 2. The second-order valence-corrected chi connectivity index (χ2v) is 9.50. The third-order valence-electron chi connectivity index (χ3n) is 6.09. The van der Waals surface area contributed by atoms with E-state index in [0.717, 1.165) is 34.6 Å². The topological polar surface area (TPSA) is 119 Å². The van der Waals surface area contributed by atoms with Crippen LogP contribution in [0.15, 0.2) is 10.6 Å². The summed E-state index contributed by atoms with van der Waals surface area (Å²) < 4.78 is 18.7. The molecule has 0 bridgehead atoms. The number of carbonyl (C=O) groups is 2. The van der Waals surface area contributed by atoms with Crippen molar-refractivity contribution in [2.75, 3.05) is 32.9 Å². The minimum absolute atomic E-state index is 0.159. The lowest BCUT2D eigenvalue weighted by Gasteiger charge is -2.33. The third-order valence-corrected chi connectivity index (χ3v) is 6.09. The van der Waals surface area contributed by atoms with Gasteiger partial charge < -0.3 is 29.2 Å². The van der Waals surface area contributed by atoms with E-state index in [2.05, 4.69) is 5.32 Å². The normalized spacial score (nSPS) is 17.9. The summed E-state index contributed by atoms with van der Waals surface area (Å²) in [7, 11) is 0. The standard InChI is InChI=1S/C23H32N4O6/c1-14-18-17(33-20(14)21(28)24-11-16-13-31-9-10-32-16)6-5-15-12-26(25-19(15)18)7-8-27(22(29)30)23(2,3)4/h12,16H,5-11,13H2,1-4H3,(H,24,28)(H,29,30)/t16-/m1/s1. The minimum atomic E-state index is -0.951. The Hall–Kier alpha value is -2.85. The Kier molecular flexibility index (Phi) is 6.49. The Labute approximate surface area is 192 Å². The maximum atomic E-state index is 12.8. The Bertz CT molecular complexity index is 1030. The van der Waals surface area contributed by atoms with E-state index in [-0.39, 0.29) is 12.0 Å². The van der Waals surface area contributed by atoms with E-state index in [0.29, 0.717) is 51.6 Å². The predicted octanol–water partition coefficient (Wildman–Crippen LogP) is 2.47. The van der Waals surface area contributed by atoms with Gasteiger partial charge in [0.2, 0.25) is 0 Å². The Morgan fingerprint density at radius 1 is 1.30 bits per heavy atom. The number of nitrogens with zero attached hydrogens (tertiary/aromatic N) is 3. The molecule has 1 aliphatic heterocycles. The van der Waals surface area contributed by atoms with Gasteiger partial charge in [0.25, 0.3) is 5.91 Å². The van der Waals surface area contributed by atoms with Crippen LogP contribution in [-0.2, 0) is 28.9 Å².